The van der Waals surface area contributed by atoms with Crippen LogP contribution in [-0.2, 0) is 16.1 Å². The second kappa shape index (κ2) is 11.9. The Morgan fingerprint density at radius 2 is 1.67 bits per heavy atom. The number of amides is 1. The number of Topliss-reactive ketones (excluding diaryl/α,β-unsaturated/α-hetero) is 1. The van der Waals surface area contributed by atoms with Gasteiger partial charge in [0.15, 0.2) is 0 Å². The lowest BCUT2D eigenvalue weighted by molar-refractivity contribution is -0.126. The van der Waals surface area contributed by atoms with Crippen molar-refractivity contribution in [3.63, 3.8) is 0 Å². The molecule has 2 aliphatic heterocycles. The number of unbranched alkanes of at least 4 members (excludes halogenated alkanes) is 5. The number of fused-ring (bicyclic) bond motifs is 2. The highest BCUT2D eigenvalue weighted by atomic mass is 16.6. The number of ether oxygens (including phenoxy) is 1. The highest BCUT2D eigenvalue weighted by molar-refractivity contribution is 5.81. The van der Waals surface area contributed by atoms with Gasteiger partial charge < -0.3 is 9.64 Å². The molecule has 0 aromatic heterocycles. The zero-order valence-corrected chi connectivity index (χ0v) is 18.3. The maximum absolute atomic E-state index is 12.8. The van der Waals surface area contributed by atoms with Crippen molar-refractivity contribution < 1.29 is 14.3 Å². The van der Waals surface area contributed by atoms with E-state index in [0.717, 1.165) is 56.9 Å². The molecule has 2 atom stereocenters. The van der Waals surface area contributed by atoms with Crippen LogP contribution in [0.5, 0.6) is 0 Å². The summed E-state index contributed by atoms with van der Waals surface area (Å²) in [6.07, 6.45) is 14.1. The van der Waals surface area contributed by atoms with Crippen LogP contribution in [-0.4, -0.2) is 28.9 Å². The second-order valence-electron chi connectivity index (χ2n) is 8.92. The predicted octanol–water partition coefficient (Wildman–Crippen LogP) is 6.44. The van der Waals surface area contributed by atoms with Crippen LogP contribution in [0.3, 0.4) is 0 Å². The van der Waals surface area contributed by atoms with Gasteiger partial charge in [0.1, 0.15) is 12.4 Å². The van der Waals surface area contributed by atoms with E-state index in [2.05, 4.69) is 6.58 Å². The van der Waals surface area contributed by atoms with Gasteiger partial charge in [-0.15, -0.1) is 6.58 Å². The molecule has 2 heterocycles. The zero-order chi connectivity index (χ0) is 21.2. The lowest BCUT2D eigenvalue weighted by Crippen LogP contribution is -2.55. The van der Waals surface area contributed by atoms with Gasteiger partial charge in [0.25, 0.3) is 0 Å². The molecule has 0 N–H and O–H groups in total. The minimum atomic E-state index is -0.209. The molecular weight excluding hydrogens is 374 g/mol. The van der Waals surface area contributed by atoms with Gasteiger partial charge in [-0.1, -0.05) is 55.7 Å². The Balaban J connectivity index is 1.43. The Kier molecular flexibility index (Phi) is 8.98. The van der Waals surface area contributed by atoms with Gasteiger partial charge in [-0.3, -0.25) is 4.79 Å². The highest BCUT2D eigenvalue weighted by Gasteiger charge is 2.43. The van der Waals surface area contributed by atoms with E-state index in [4.69, 9.17) is 4.74 Å². The van der Waals surface area contributed by atoms with Crippen molar-refractivity contribution in [3.05, 3.63) is 48.6 Å². The van der Waals surface area contributed by atoms with E-state index >= 15 is 0 Å². The molecule has 3 rings (SSSR count). The topological polar surface area (TPSA) is 46.6 Å². The number of benzene rings is 1. The molecule has 4 heteroatoms. The van der Waals surface area contributed by atoms with E-state index in [0.29, 0.717) is 18.8 Å². The lowest BCUT2D eigenvalue weighted by Gasteiger charge is -2.47. The zero-order valence-electron chi connectivity index (χ0n) is 18.3. The smallest absolute Gasteiger partial charge is 0.410 e. The predicted molar refractivity (Wildman–Crippen MR) is 120 cm³/mol. The van der Waals surface area contributed by atoms with Crippen LogP contribution in [0.25, 0.3) is 0 Å². The number of piperidine rings is 2. The number of ketones is 1. The van der Waals surface area contributed by atoms with Gasteiger partial charge in [0.05, 0.1) is 0 Å². The number of rotatable bonds is 11. The van der Waals surface area contributed by atoms with Gasteiger partial charge in [-0.25, -0.2) is 4.79 Å². The SMILES string of the molecule is C=CCCCCCCCC(=O)C1CC2CCCC(C1)N2C(=O)OCc1ccccc1. The standard InChI is InChI=1S/C26H37NO3/c1-2-3-4-5-6-7-11-17-25(28)22-18-23-15-12-16-24(19-22)27(23)26(29)30-20-21-13-9-8-10-14-21/h2,8-10,13-14,22-24H,1,3-7,11-12,15-20H2. The first-order chi connectivity index (χ1) is 14.7. The fourth-order valence-corrected chi connectivity index (χ4v) is 5.06. The molecule has 164 valence electrons. The van der Waals surface area contributed by atoms with E-state index in [1.807, 2.05) is 41.3 Å². The molecular formula is C26H37NO3. The normalized spacial score (nSPS) is 23.1. The summed E-state index contributed by atoms with van der Waals surface area (Å²) in [5.74, 6) is 0.537. The molecule has 1 amide bonds. The molecule has 2 bridgehead atoms. The second-order valence-corrected chi connectivity index (χ2v) is 8.92. The van der Waals surface area contributed by atoms with Crippen molar-refractivity contribution in [1.82, 2.24) is 4.90 Å². The molecule has 1 aromatic rings. The van der Waals surface area contributed by atoms with Crippen LogP contribution in [0.15, 0.2) is 43.0 Å². The quantitative estimate of drug-likeness (QED) is 0.311. The molecule has 2 fully saturated rings. The van der Waals surface area contributed by atoms with Crippen molar-refractivity contribution >= 4 is 11.9 Å². The van der Waals surface area contributed by atoms with Crippen LogP contribution in [0.4, 0.5) is 4.79 Å². The van der Waals surface area contributed by atoms with E-state index < -0.39 is 0 Å². The molecule has 0 saturated carbocycles. The fraction of sp³-hybridized carbons (Fsp3) is 0.615. The largest absolute Gasteiger partial charge is 0.445 e. The number of hydrogen-bond acceptors (Lipinski definition) is 3. The Hall–Kier alpha value is -2.10. The summed E-state index contributed by atoms with van der Waals surface area (Å²) in [7, 11) is 0. The van der Waals surface area contributed by atoms with Gasteiger partial charge in [0.2, 0.25) is 0 Å². The molecule has 4 nitrogen and oxygen atoms in total. The summed E-state index contributed by atoms with van der Waals surface area (Å²) in [5, 5.41) is 0. The van der Waals surface area contributed by atoms with Crippen LogP contribution in [0.2, 0.25) is 0 Å². The summed E-state index contributed by atoms with van der Waals surface area (Å²) in [4.78, 5) is 27.6. The van der Waals surface area contributed by atoms with Crippen LogP contribution in [0.1, 0.15) is 82.6 Å². The molecule has 2 saturated heterocycles. The number of hydrogen-bond donors (Lipinski definition) is 0. The molecule has 0 spiro atoms. The summed E-state index contributed by atoms with van der Waals surface area (Å²) in [6, 6.07) is 10.1. The van der Waals surface area contributed by atoms with Crippen molar-refractivity contribution in [3.8, 4) is 0 Å². The van der Waals surface area contributed by atoms with E-state index in [9.17, 15) is 9.59 Å². The van der Waals surface area contributed by atoms with E-state index in [1.54, 1.807) is 0 Å². The fourth-order valence-electron chi connectivity index (χ4n) is 5.06. The van der Waals surface area contributed by atoms with Crippen LogP contribution >= 0.6 is 0 Å². The average Bonchev–Trinajstić information content (AvgIpc) is 2.76. The Labute approximate surface area is 181 Å². The van der Waals surface area contributed by atoms with Crippen molar-refractivity contribution in [1.29, 1.82) is 0 Å². The summed E-state index contributed by atoms with van der Waals surface area (Å²) < 4.78 is 5.62. The maximum Gasteiger partial charge on any atom is 0.410 e. The summed E-state index contributed by atoms with van der Waals surface area (Å²) in [5.41, 5.74) is 1.01. The van der Waals surface area contributed by atoms with Gasteiger partial charge >= 0.3 is 6.09 Å². The number of allylic oxidation sites excluding steroid dienone is 1. The average molecular weight is 412 g/mol. The molecule has 2 unspecified atom stereocenters. The Bertz CT molecular complexity index is 673. The lowest BCUT2D eigenvalue weighted by atomic mass is 9.76. The Morgan fingerprint density at radius 3 is 2.37 bits per heavy atom. The number of carbonyl (C=O) groups is 2. The third kappa shape index (κ3) is 6.45. The number of nitrogens with zero attached hydrogens (tertiary/aromatic N) is 1. The van der Waals surface area contributed by atoms with Crippen molar-refractivity contribution in [2.45, 2.75) is 95.7 Å². The molecule has 2 aliphatic rings. The molecule has 0 radical (unpaired) electrons. The highest BCUT2D eigenvalue weighted by Crippen LogP contribution is 2.38. The molecule has 1 aromatic carbocycles. The first-order valence-electron chi connectivity index (χ1n) is 11.8. The van der Waals surface area contributed by atoms with Crippen LogP contribution < -0.4 is 0 Å². The van der Waals surface area contributed by atoms with Crippen molar-refractivity contribution in [2.24, 2.45) is 5.92 Å². The third-order valence-corrected chi connectivity index (χ3v) is 6.68. The monoisotopic (exact) mass is 411 g/mol. The minimum Gasteiger partial charge on any atom is -0.445 e. The first kappa shape index (κ1) is 22.6. The summed E-state index contributed by atoms with van der Waals surface area (Å²) >= 11 is 0. The van der Waals surface area contributed by atoms with E-state index in [-0.39, 0.29) is 24.1 Å². The number of carbonyl (C=O) groups excluding carboxylic acids is 2. The van der Waals surface area contributed by atoms with Gasteiger partial charge in [-0.2, -0.15) is 0 Å². The molecule has 30 heavy (non-hydrogen) atoms. The summed E-state index contributed by atoms with van der Waals surface area (Å²) in [6.45, 7) is 4.07. The minimum absolute atomic E-state index is 0.124. The van der Waals surface area contributed by atoms with Gasteiger partial charge in [0, 0.05) is 24.4 Å². The van der Waals surface area contributed by atoms with Crippen LogP contribution in [0, 0.1) is 5.92 Å². The first-order valence-corrected chi connectivity index (χ1v) is 11.8. The molecule has 0 aliphatic carbocycles. The maximum atomic E-state index is 12.8. The van der Waals surface area contributed by atoms with Crippen molar-refractivity contribution in [2.75, 3.05) is 0 Å². The third-order valence-electron chi connectivity index (χ3n) is 6.68. The van der Waals surface area contributed by atoms with Gasteiger partial charge in [-0.05, 0) is 56.9 Å². The Morgan fingerprint density at radius 1 is 1.00 bits per heavy atom. The van der Waals surface area contributed by atoms with E-state index in [1.165, 1.54) is 19.3 Å².